The highest BCUT2D eigenvalue weighted by molar-refractivity contribution is 8.00. The second-order valence-electron chi connectivity index (χ2n) is 7.04. The summed E-state index contributed by atoms with van der Waals surface area (Å²) in [5.74, 6) is 0.422. The minimum atomic E-state index is 0.107. The van der Waals surface area contributed by atoms with E-state index in [1.165, 1.54) is 11.8 Å². The molecule has 6 nitrogen and oxygen atoms in total. The molecular formula is C20H25N5OS2. The number of nitrogens with zero attached hydrogens (tertiary/aromatic N) is 5. The van der Waals surface area contributed by atoms with Crippen LogP contribution in [-0.2, 0) is 11.3 Å². The zero-order valence-corrected chi connectivity index (χ0v) is 18.4. The topological polar surface area (TPSA) is 73.1 Å². The number of hydrogen-bond donors (Lipinski definition) is 0. The fourth-order valence-electron chi connectivity index (χ4n) is 3.23. The number of amides is 1. The molecule has 0 aliphatic carbocycles. The predicted octanol–water partition coefficient (Wildman–Crippen LogP) is 3.08. The molecule has 8 heteroatoms. The van der Waals surface area contributed by atoms with Gasteiger partial charge in [-0.3, -0.25) is 9.69 Å². The van der Waals surface area contributed by atoms with E-state index in [-0.39, 0.29) is 5.91 Å². The molecule has 1 amide bonds. The Morgan fingerprint density at radius 1 is 1.18 bits per heavy atom. The van der Waals surface area contributed by atoms with Gasteiger partial charge in [0.05, 0.1) is 22.0 Å². The van der Waals surface area contributed by atoms with Crippen molar-refractivity contribution in [1.82, 2.24) is 19.8 Å². The van der Waals surface area contributed by atoms with Crippen LogP contribution in [0.15, 0.2) is 10.4 Å². The molecule has 0 unspecified atom stereocenters. The summed E-state index contributed by atoms with van der Waals surface area (Å²) >= 11 is 3.04. The van der Waals surface area contributed by atoms with E-state index in [0.717, 1.165) is 60.2 Å². The van der Waals surface area contributed by atoms with Crippen LogP contribution in [0.2, 0.25) is 0 Å². The number of pyridine rings is 1. The number of hydrogen-bond acceptors (Lipinski definition) is 7. The van der Waals surface area contributed by atoms with Crippen molar-refractivity contribution in [3.05, 3.63) is 38.5 Å². The van der Waals surface area contributed by atoms with Gasteiger partial charge in [0.1, 0.15) is 11.1 Å². The second-order valence-corrected chi connectivity index (χ2v) is 9.07. The van der Waals surface area contributed by atoms with Gasteiger partial charge < -0.3 is 4.90 Å². The van der Waals surface area contributed by atoms with Crippen molar-refractivity contribution in [1.29, 1.82) is 5.26 Å². The van der Waals surface area contributed by atoms with Gasteiger partial charge in [-0.1, -0.05) is 11.8 Å². The van der Waals surface area contributed by atoms with Crippen LogP contribution in [0.4, 0.5) is 0 Å². The standard InChI is InChI=1S/C20H25N5OS2/c1-13-14(2)18(9-21)20(22-15(13)3)28-12-19(26)25-7-5-24(6-8-25)10-17-11-27-16(4)23-17/h11H,5-8,10,12H2,1-4H3. The number of aryl methyl sites for hydroxylation is 2. The van der Waals surface area contributed by atoms with Gasteiger partial charge in [-0.15, -0.1) is 11.3 Å². The first-order valence-corrected chi connectivity index (χ1v) is 11.2. The molecule has 0 N–H and O–H groups in total. The van der Waals surface area contributed by atoms with Gasteiger partial charge in [0.15, 0.2) is 0 Å². The van der Waals surface area contributed by atoms with Gasteiger partial charge in [-0.05, 0) is 38.8 Å². The normalized spacial score (nSPS) is 14.9. The Morgan fingerprint density at radius 3 is 2.50 bits per heavy atom. The first-order chi connectivity index (χ1) is 13.4. The number of carbonyl (C=O) groups excluding carboxylic acids is 1. The van der Waals surface area contributed by atoms with Gasteiger partial charge in [0.2, 0.25) is 5.91 Å². The van der Waals surface area contributed by atoms with Crippen molar-refractivity contribution in [2.45, 2.75) is 39.3 Å². The Bertz CT molecular complexity index is 910. The molecular weight excluding hydrogens is 390 g/mol. The third-order valence-electron chi connectivity index (χ3n) is 5.18. The van der Waals surface area contributed by atoms with Gasteiger partial charge in [-0.25, -0.2) is 9.97 Å². The van der Waals surface area contributed by atoms with Gasteiger partial charge in [0.25, 0.3) is 0 Å². The van der Waals surface area contributed by atoms with Crippen LogP contribution in [0, 0.1) is 39.0 Å². The zero-order chi connectivity index (χ0) is 20.3. The number of aromatic nitrogens is 2. The van der Waals surface area contributed by atoms with E-state index in [9.17, 15) is 10.1 Å². The number of nitriles is 1. The van der Waals surface area contributed by atoms with Crippen LogP contribution in [0.3, 0.4) is 0 Å². The minimum Gasteiger partial charge on any atom is -0.339 e. The summed E-state index contributed by atoms with van der Waals surface area (Å²) in [6, 6.07) is 2.25. The summed E-state index contributed by atoms with van der Waals surface area (Å²) in [5.41, 5.74) is 4.61. The maximum absolute atomic E-state index is 12.6. The Hall–Kier alpha value is -1.95. The average Bonchev–Trinajstić information content (AvgIpc) is 3.09. The van der Waals surface area contributed by atoms with E-state index < -0.39 is 0 Å². The molecule has 3 heterocycles. The highest BCUT2D eigenvalue weighted by Gasteiger charge is 2.22. The van der Waals surface area contributed by atoms with E-state index in [1.807, 2.05) is 32.6 Å². The lowest BCUT2D eigenvalue weighted by Gasteiger charge is -2.34. The summed E-state index contributed by atoms with van der Waals surface area (Å²) < 4.78 is 0. The smallest absolute Gasteiger partial charge is 0.233 e. The van der Waals surface area contributed by atoms with Gasteiger partial charge in [0, 0.05) is 43.8 Å². The van der Waals surface area contributed by atoms with Crippen LogP contribution < -0.4 is 0 Å². The van der Waals surface area contributed by atoms with Gasteiger partial charge >= 0.3 is 0 Å². The highest BCUT2D eigenvalue weighted by atomic mass is 32.2. The van der Waals surface area contributed by atoms with Crippen molar-refractivity contribution in [2.24, 2.45) is 0 Å². The van der Waals surface area contributed by atoms with E-state index in [1.54, 1.807) is 11.3 Å². The predicted molar refractivity (Wildman–Crippen MR) is 113 cm³/mol. The third kappa shape index (κ3) is 4.72. The Kier molecular flexibility index (Phi) is 6.70. The molecule has 3 rings (SSSR count). The van der Waals surface area contributed by atoms with Crippen molar-refractivity contribution in [3.8, 4) is 6.07 Å². The summed E-state index contributed by atoms with van der Waals surface area (Å²) in [7, 11) is 0. The van der Waals surface area contributed by atoms with E-state index in [4.69, 9.17) is 0 Å². The maximum Gasteiger partial charge on any atom is 0.233 e. The van der Waals surface area contributed by atoms with Crippen molar-refractivity contribution in [3.63, 3.8) is 0 Å². The molecule has 148 valence electrons. The molecule has 2 aromatic rings. The van der Waals surface area contributed by atoms with E-state index in [2.05, 4.69) is 26.3 Å². The first-order valence-electron chi connectivity index (χ1n) is 9.31. The lowest BCUT2D eigenvalue weighted by Crippen LogP contribution is -2.48. The second kappa shape index (κ2) is 9.03. The summed E-state index contributed by atoms with van der Waals surface area (Å²) in [6.07, 6.45) is 0. The number of thioether (sulfide) groups is 1. The van der Waals surface area contributed by atoms with Crippen LogP contribution in [0.25, 0.3) is 0 Å². The SMILES string of the molecule is Cc1nc(CN2CCN(C(=O)CSc3nc(C)c(C)c(C)c3C#N)CC2)cs1. The van der Waals surface area contributed by atoms with Crippen molar-refractivity contribution < 1.29 is 4.79 Å². The van der Waals surface area contributed by atoms with Crippen LogP contribution in [-0.4, -0.2) is 57.6 Å². The Balaban J connectivity index is 1.53. The average molecular weight is 416 g/mol. The quantitative estimate of drug-likeness (QED) is 0.699. The van der Waals surface area contributed by atoms with Crippen LogP contribution in [0.5, 0.6) is 0 Å². The fourth-order valence-corrected chi connectivity index (χ4v) is 4.83. The highest BCUT2D eigenvalue weighted by Crippen LogP contribution is 2.26. The number of thiazole rings is 1. The lowest BCUT2D eigenvalue weighted by atomic mass is 10.1. The molecule has 0 radical (unpaired) electrons. The summed E-state index contributed by atoms with van der Waals surface area (Å²) in [6.45, 7) is 11.9. The lowest BCUT2D eigenvalue weighted by molar-refractivity contribution is -0.130. The van der Waals surface area contributed by atoms with Crippen molar-refractivity contribution >= 4 is 29.0 Å². The van der Waals surface area contributed by atoms with Crippen LogP contribution in [0.1, 0.15) is 33.1 Å². The van der Waals surface area contributed by atoms with E-state index in [0.29, 0.717) is 16.3 Å². The fraction of sp³-hybridized carbons (Fsp3) is 0.500. The zero-order valence-electron chi connectivity index (χ0n) is 16.8. The largest absolute Gasteiger partial charge is 0.339 e. The van der Waals surface area contributed by atoms with E-state index >= 15 is 0 Å². The third-order valence-corrected chi connectivity index (χ3v) is 6.97. The molecule has 1 saturated heterocycles. The molecule has 0 atom stereocenters. The first kappa shape index (κ1) is 20.8. The minimum absolute atomic E-state index is 0.107. The Labute approximate surface area is 174 Å². The molecule has 1 aliphatic rings. The number of carbonyl (C=O) groups is 1. The molecule has 0 bridgehead atoms. The van der Waals surface area contributed by atoms with Gasteiger partial charge in [-0.2, -0.15) is 5.26 Å². The Morgan fingerprint density at radius 2 is 1.89 bits per heavy atom. The molecule has 0 aromatic carbocycles. The molecule has 2 aromatic heterocycles. The summed E-state index contributed by atoms with van der Waals surface area (Å²) in [4.78, 5) is 26.0. The summed E-state index contributed by atoms with van der Waals surface area (Å²) in [5, 5.41) is 13.3. The molecule has 0 spiro atoms. The number of piperazine rings is 1. The van der Waals surface area contributed by atoms with Crippen molar-refractivity contribution in [2.75, 3.05) is 31.9 Å². The number of rotatable bonds is 5. The molecule has 1 fully saturated rings. The van der Waals surface area contributed by atoms with Crippen LogP contribution >= 0.6 is 23.1 Å². The maximum atomic E-state index is 12.6. The monoisotopic (exact) mass is 415 g/mol. The molecule has 28 heavy (non-hydrogen) atoms. The molecule has 0 saturated carbocycles. The molecule has 1 aliphatic heterocycles.